The second kappa shape index (κ2) is 8.14. The largest absolute Gasteiger partial charge is 0.319 e. The van der Waals surface area contributed by atoms with Gasteiger partial charge in [0.2, 0.25) is 11.5 Å². The molecule has 0 bridgehead atoms. The average molecular weight is 462 g/mol. The van der Waals surface area contributed by atoms with Gasteiger partial charge in [-0.05, 0) is 60.5 Å². The van der Waals surface area contributed by atoms with E-state index in [1.54, 1.807) is 22.8 Å². The first-order valence-electron chi connectivity index (χ1n) is 10.1. The van der Waals surface area contributed by atoms with Crippen LogP contribution in [0.25, 0.3) is 16.7 Å². The lowest BCUT2D eigenvalue weighted by Crippen LogP contribution is -2.24. The second-order valence-electron chi connectivity index (χ2n) is 7.65. The van der Waals surface area contributed by atoms with E-state index in [9.17, 15) is 14.0 Å². The van der Waals surface area contributed by atoms with Crippen LogP contribution < -0.4 is 10.9 Å². The van der Waals surface area contributed by atoms with E-state index >= 15 is 0 Å². The number of hydrogen-bond acceptors (Lipinski definition) is 4. The third-order valence-corrected chi connectivity index (χ3v) is 5.44. The van der Waals surface area contributed by atoms with Crippen LogP contribution in [-0.4, -0.2) is 25.1 Å². The molecule has 0 spiro atoms. The Hall–Kier alpha value is -4.04. The Bertz CT molecular complexity index is 1610. The maximum Gasteiger partial charge on any atom is 0.296 e. The van der Waals surface area contributed by atoms with Crippen molar-refractivity contribution in [2.45, 2.75) is 13.5 Å². The highest BCUT2D eigenvalue weighted by Crippen LogP contribution is 2.19. The Morgan fingerprint density at radius 3 is 2.67 bits per heavy atom. The molecule has 0 atom stereocenters. The fraction of sp³-hybridized carbons (Fsp3) is 0.0833. The standard InChI is InChI=1S/C24H17ClFN5O2/c1-14-8-9-19-20(10-14)30(13-15-4-2-5-16(25)11-15)24(33)22-28-21(29-31(19)22)23(32)27-18-7-3-6-17(26)12-18/h2-12H,13H2,1H3,(H,27,32). The smallest absolute Gasteiger partial charge is 0.296 e. The molecule has 164 valence electrons. The van der Waals surface area contributed by atoms with E-state index in [4.69, 9.17) is 11.6 Å². The van der Waals surface area contributed by atoms with Gasteiger partial charge in [-0.2, -0.15) is 4.98 Å². The van der Waals surface area contributed by atoms with Gasteiger partial charge in [-0.15, -0.1) is 5.10 Å². The topological polar surface area (TPSA) is 81.3 Å². The molecular formula is C24H17ClFN5O2. The maximum absolute atomic E-state index is 13.5. The number of aromatic nitrogens is 4. The summed E-state index contributed by atoms with van der Waals surface area (Å²) in [4.78, 5) is 30.3. The Morgan fingerprint density at radius 2 is 1.88 bits per heavy atom. The highest BCUT2D eigenvalue weighted by molar-refractivity contribution is 6.30. The van der Waals surface area contributed by atoms with Crippen LogP contribution in [0.15, 0.2) is 71.5 Å². The number of aryl methyl sites for hydroxylation is 1. The van der Waals surface area contributed by atoms with Crippen molar-refractivity contribution >= 4 is 39.9 Å². The molecule has 9 heteroatoms. The molecule has 0 fully saturated rings. The molecule has 33 heavy (non-hydrogen) atoms. The quantitative estimate of drug-likeness (QED) is 0.429. The highest BCUT2D eigenvalue weighted by Gasteiger charge is 2.19. The highest BCUT2D eigenvalue weighted by atomic mass is 35.5. The van der Waals surface area contributed by atoms with E-state index in [0.717, 1.165) is 11.1 Å². The van der Waals surface area contributed by atoms with Crippen LogP contribution in [0.2, 0.25) is 5.02 Å². The van der Waals surface area contributed by atoms with Gasteiger partial charge in [0, 0.05) is 10.7 Å². The molecule has 0 radical (unpaired) electrons. The van der Waals surface area contributed by atoms with Gasteiger partial charge in [0.15, 0.2) is 0 Å². The Kier molecular flexibility index (Phi) is 5.14. The molecular weight excluding hydrogens is 445 g/mol. The van der Waals surface area contributed by atoms with Gasteiger partial charge in [-0.3, -0.25) is 14.2 Å². The number of carbonyl (C=O) groups is 1. The Balaban J connectivity index is 1.65. The van der Waals surface area contributed by atoms with E-state index in [1.807, 2.05) is 37.3 Å². The molecule has 0 aliphatic carbocycles. The van der Waals surface area contributed by atoms with Crippen LogP contribution in [0.1, 0.15) is 21.7 Å². The van der Waals surface area contributed by atoms with Crippen molar-refractivity contribution in [3.05, 3.63) is 105 Å². The first-order chi connectivity index (χ1) is 15.9. The first kappa shape index (κ1) is 20.8. The molecule has 0 aliphatic rings. The van der Waals surface area contributed by atoms with Gasteiger partial charge in [0.25, 0.3) is 11.5 Å². The van der Waals surface area contributed by atoms with Crippen molar-refractivity contribution < 1.29 is 9.18 Å². The van der Waals surface area contributed by atoms with Gasteiger partial charge >= 0.3 is 0 Å². The van der Waals surface area contributed by atoms with E-state index in [0.29, 0.717) is 16.1 Å². The van der Waals surface area contributed by atoms with E-state index in [-0.39, 0.29) is 23.7 Å². The van der Waals surface area contributed by atoms with Crippen LogP contribution in [-0.2, 0) is 6.54 Å². The zero-order valence-corrected chi connectivity index (χ0v) is 18.2. The minimum Gasteiger partial charge on any atom is -0.319 e. The molecule has 0 saturated heterocycles. The van der Waals surface area contributed by atoms with Crippen molar-refractivity contribution in [2.24, 2.45) is 0 Å². The molecule has 1 N–H and O–H groups in total. The number of fused-ring (bicyclic) bond motifs is 3. The van der Waals surface area contributed by atoms with Crippen molar-refractivity contribution in [2.75, 3.05) is 5.32 Å². The predicted molar refractivity (Wildman–Crippen MR) is 124 cm³/mol. The number of halogens is 2. The Labute approximate surface area is 192 Å². The molecule has 0 unspecified atom stereocenters. The maximum atomic E-state index is 13.5. The lowest BCUT2D eigenvalue weighted by Gasteiger charge is -2.12. The molecule has 2 heterocycles. The molecule has 0 saturated carbocycles. The summed E-state index contributed by atoms with van der Waals surface area (Å²) in [5.74, 6) is -1.33. The average Bonchev–Trinajstić information content (AvgIpc) is 3.23. The van der Waals surface area contributed by atoms with Crippen LogP contribution in [0.3, 0.4) is 0 Å². The number of nitrogens with zero attached hydrogens (tertiary/aromatic N) is 4. The van der Waals surface area contributed by atoms with Crippen molar-refractivity contribution in [1.82, 2.24) is 19.2 Å². The summed E-state index contributed by atoms with van der Waals surface area (Å²) in [5, 5.41) is 7.40. The molecule has 7 nitrogen and oxygen atoms in total. The minimum atomic E-state index is -0.648. The second-order valence-corrected chi connectivity index (χ2v) is 8.09. The number of anilines is 1. The summed E-state index contributed by atoms with van der Waals surface area (Å²) >= 11 is 6.12. The zero-order valence-electron chi connectivity index (χ0n) is 17.4. The summed E-state index contributed by atoms with van der Waals surface area (Å²) < 4.78 is 16.4. The monoisotopic (exact) mass is 461 g/mol. The molecule has 3 aromatic carbocycles. The van der Waals surface area contributed by atoms with Gasteiger partial charge in [0.1, 0.15) is 5.82 Å². The molecule has 5 aromatic rings. The molecule has 2 aromatic heterocycles. The van der Waals surface area contributed by atoms with Crippen molar-refractivity contribution in [1.29, 1.82) is 0 Å². The number of carbonyl (C=O) groups excluding carboxylic acids is 1. The lowest BCUT2D eigenvalue weighted by molar-refractivity contribution is 0.101. The minimum absolute atomic E-state index is 0.0118. The van der Waals surface area contributed by atoms with Gasteiger partial charge < -0.3 is 5.32 Å². The van der Waals surface area contributed by atoms with Crippen LogP contribution >= 0.6 is 11.6 Å². The summed E-state index contributed by atoms with van der Waals surface area (Å²) in [6.45, 7) is 2.20. The first-order valence-corrected chi connectivity index (χ1v) is 10.5. The summed E-state index contributed by atoms with van der Waals surface area (Å²) in [5.41, 5.74) is 2.95. The summed E-state index contributed by atoms with van der Waals surface area (Å²) in [6, 6.07) is 18.3. The zero-order chi connectivity index (χ0) is 23.1. The van der Waals surface area contributed by atoms with Gasteiger partial charge in [-0.25, -0.2) is 8.91 Å². The SMILES string of the molecule is Cc1ccc2c(c1)n(Cc1cccc(Cl)c1)c(=O)c1nc(C(=O)Nc3cccc(F)c3)nn12. The Morgan fingerprint density at radius 1 is 1.06 bits per heavy atom. The number of rotatable bonds is 4. The molecule has 5 rings (SSSR count). The number of nitrogens with one attached hydrogen (secondary N) is 1. The van der Waals surface area contributed by atoms with Gasteiger partial charge in [-0.1, -0.05) is 35.9 Å². The predicted octanol–water partition coefficient (Wildman–Crippen LogP) is 4.45. The summed E-state index contributed by atoms with van der Waals surface area (Å²) in [6.07, 6.45) is 0. The number of amides is 1. The fourth-order valence-electron chi connectivity index (χ4n) is 3.70. The molecule has 1 amide bonds. The van der Waals surface area contributed by atoms with E-state index in [2.05, 4.69) is 15.4 Å². The van der Waals surface area contributed by atoms with E-state index < -0.39 is 17.3 Å². The van der Waals surface area contributed by atoms with Gasteiger partial charge in [0.05, 0.1) is 17.6 Å². The fourth-order valence-corrected chi connectivity index (χ4v) is 3.91. The number of hydrogen-bond donors (Lipinski definition) is 1. The number of benzene rings is 3. The lowest BCUT2D eigenvalue weighted by atomic mass is 10.2. The molecule has 0 aliphatic heterocycles. The third-order valence-electron chi connectivity index (χ3n) is 5.21. The third kappa shape index (κ3) is 3.96. The van der Waals surface area contributed by atoms with Crippen molar-refractivity contribution in [3.8, 4) is 0 Å². The van der Waals surface area contributed by atoms with Crippen LogP contribution in [0.4, 0.5) is 10.1 Å². The summed E-state index contributed by atoms with van der Waals surface area (Å²) in [7, 11) is 0. The van der Waals surface area contributed by atoms with Crippen LogP contribution in [0, 0.1) is 12.7 Å². The van der Waals surface area contributed by atoms with Crippen LogP contribution in [0.5, 0.6) is 0 Å². The normalized spacial score (nSPS) is 11.2. The van der Waals surface area contributed by atoms with E-state index in [1.165, 1.54) is 22.7 Å². The van der Waals surface area contributed by atoms with Crippen molar-refractivity contribution in [3.63, 3.8) is 0 Å².